The van der Waals surface area contributed by atoms with E-state index in [1.165, 1.54) is 4.88 Å². The predicted octanol–water partition coefficient (Wildman–Crippen LogP) is -1.94. The van der Waals surface area contributed by atoms with E-state index in [0.29, 0.717) is 0 Å². The summed E-state index contributed by atoms with van der Waals surface area (Å²) in [6.07, 6.45) is 1.92. The Hall–Kier alpha value is 0.500. The molecule has 0 saturated heterocycles. The van der Waals surface area contributed by atoms with E-state index in [1.54, 1.807) is 11.3 Å². The number of thiophene rings is 1. The minimum absolute atomic E-state index is 0. The van der Waals surface area contributed by atoms with Crippen LogP contribution < -0.4 is 18.9 Å². The molecule has 56 valence electrons. The molecule has 11 heavy (non-hydrogen) atoms. The van der Waals surface area contributed by atoms with E-state index in [2.05, 4.69) is 6.92 Å². The minimum atomic E-state index is 0. The second kappa shape index (κ2) is 7.17. The monoisotopic (exact) mass is 178 g/mol. The summed E-state index contributed by atoms with van der Waals surface area (Å²) in [5.74, 6) is 0. The largest absolute Gasteiger partial charge is 1.00 e. The molecule has 0 aromatic carbocycles. The van der Waals surface area contributed by atoms with Crippen LogP contribution in [0.4, 0.5) is 0 Å². The van der Waals surface area contributed by atoms with Crippen molar-refractivity contribution in [3.63, 3.8) is 0 Å². The fourth-order valence-electron chi connectivity index (χ4n) is 0.648. The molecule has 0 radical (unpaired) electrons. The first kappa shape index (κ1) is 14.0. The van der Waals surface area contributed by atoms with Gasteiger partial charge in [0.05, 0.1) is 4.88 Å². The summed E-state index contributed by atoms with van der Waals surface area (Å²) < 4.78 is 0. The number of hydrogen-bond donors (Lipinski definition) is 0. The van der Waals surface area contributed by atoms with Crippen molar-refractivity contribution in [1.82, 2.24) is 0 Å². The molecule has 0 amide bonds. The molecule has 1 rings (SSSR count). The van der Waals surface area contributed by atoms with Gasteiger partial charge in [-0.25, -0.2) is 0 Å². The third-order valence-corrected chi connectivity index (χ3v) is 2.30. The summed E-state index contributed by atoms with van der Waals surface area (Å²) in [7, 11) is 0. The van der Waals surface area contributed by atoms with E-state index < -0.39 is 0 Å². The number of rotatable bonds is 2. The van der Waals surface area contributed by atoms with E-state index in [4.69, 9.17) is 0 Å². The van der Waals surface area contributed by atoms with Crippen molar-refractivity contribution in [2.24, 2.45) is 0 Å². The molecule has 0 atom stereocenters. The van der Waals surface area contributed by atoms with Crippen molar-refractivity contribution in [3.05, 3.63) is 21.9 Å². The van der Waals surface area contributed by atoms with Crippen LogP contribution in [-0.2, 0) is 6.42 Å². The third kappa shape index (κ3) is 4.16. The molecule has 1 heterocycles. The van der Waals surface area contributed by atoms with Crippen molar-refractivity contribution in [2.75, 3.05) is 0 Å². The molecule has 1 aromatic rings. The molecule has 0 fully saturated rings. The maximum Gasteiger partial charge on any atom is 1.00 e. The Balaban J connectivity index is -0.000000270. The van der Waals surface area contributed by atoms with Crippen molar-refractivity contribution in [1.29, 1.82) is 0 Å². The zero-order valence-corrected chi connectivity index (χ0v) is 7.07. The smallest absolute Gasteiger partial charge is 1.00 e. The van der Waals surface area contributed by atoms with Crippen LogP contribution in [0.15, 0.2) is 12.1 Å². The Morgan fingerprint density at radius 1 is 1.64 bits per heavy atom. The van der Waals surface area contributed by atoms with Crippen LogP contribution in [0.25, 0.3) is 0 Å². The van der Waals surface area contributed by atoms with E-state index in [1.807, 2.05) is 12.1 Å². The van der Waals surface area contributed by atoms with Gasteiger partial charge in [-0.2, -0.15) is 0 Å². The summed E-state index contributed by atoms with van der Waals surface area (Å²) in [6.45, 7) is 2.08. The first-order valence-corrected chi connectivity index (χ1v) is 3.72. The quantitative estimate of drug-likeness (QED) is 0.380. The molecular weight excluding hydrogens is 166 g/mol. The molecular formula is C7H12AlLiOS. The van der Waals surface area contributed by atoms with E-state index in [0.717, 1.165) is 17.6 Å². The van der Waals surface area contributed by atoms with Crippen molar-refractivity contribution >= 4 is 35.0 Å². The van der Waals surface area contributed by atoms with Crippen LogP contribution >= 0.6 is 11.3 Å². The fourth-order valence-corrected chi connectivity index (χ4v) is 1.42. The Bertz CT molecular complexity index is 217. The normalized spacial score (nSPS) is 7.73. The van der Waals surface area contributed by atoms with Crippen LogP contribution in [0.1, 0.15) is 22.9 Å². The van der Waals surface area contributed by atoms with Crippen molar-refractivity contribution < 1.29 is 25.1 Å². The number of carbonyl (C=O) groups excluding carboxylic acids is 1. The van der Waals surface area contributed by atoms with E-state index >= 15 is 0 Å². The molecule has 0 unspecified atom stereocenters. The van der Waals surface area contributed by atoms with Gasteiger partial charge in [-0.15, -0.1) is 11.3 Å². The van der Waals surface area contributed by atoms with Crippen LogP contribution in [0.2, 0.25) is 0 Å². The molecule has 0 aliphatic rings. The summed E-state index contributed by atoms with van der Waals surface area (Å²) in [5, 5.41) is 0. The molecule has 0 saturated carbocycles. The number of aryl methyl sites for hydroxylation is 1. The van der Waals surface area contributed by atoms with Gasteiger partial charge in [0.25, 0.3) is 0 Å². The zero-order chi connectivity index (χ0) is 6.69. The Kier molecular flexibility index (Phi) is 9.15. The Morgan fingerprint density at radius 2 is 2.27 bits per heavy atom. The molecule has 0 aliphatic carbocycles. The zero-order valence-electron chi connectivity index (χ0n) is 7.26. The fraction of sp³-hybridized carbons (Fsp3) is 0.286. The Morgan fingerprint density at radius 3 is 2.55 bits per heavy atom. The SMILES string of the molecule is CCc1ccc(C=O)s1.[AlH3].[H-].[Li+]. The van der Waals surface area contributed by atoms with Gasteiger partial charge in [-0.05, 0) is 18.6 Å². The average molecular weight is 178 g/mol. The van der Waals surface area contributed by atoms with Gasteiger partial charge in [0.15, 0.2) is 23.6 Å². The minimum Gasteiger partial charge on any atom is -1.00 e. The summed E-state index contributed by atoms with van der Waals surface area (Å²) in [6, 6.07) is 3.85. The average Bonchev–Trinajstić information content (AvgIpc) is 2.34. The van der Waals surface area contributed by atoms with Crippen molar-refractivity contribution in [3.8, 4) is 0 Å². The molecule has 0 aliphatic heterocycles. The topological polar surface area (TPSA) is 17.1 Å². The van der Waals surface area contributed by atoms with Gasteiger partial charge in [0.2, 0.25) is 0 Å². The summed E-state index contributed by atoms with van der Waals surface area (Å²) in [5.41, 5.74) is 0. The van der Waals surface area contributed by atoms with Crippen LogP contribution in [-0.4, -0.2) is 23.6 Å². The standard InChI is InChI=1S/C7H8OS.Al.Li.4H/c1-2-6-3-4-7(5-8)9-6;;;;;;/h3-5H,2H2,1H3;;;;;;/q;;+1;;;;-1. The summed E-state index contributed by atoms with van der Waals surface area (Å²) >= 11 is 1.56. The second-order valence-electron chi connectivity index (χ2n) is 1.78. The molecule has 0 bridgehead atoms. The molecule has 0 N–H and O–H groups in total. The number of aldehydes is 1. The van der Waals surface area contributed by atoms with Crippen LogP contribution in [0, 0.1) is 0 Å². The molecule has 0 spiro atoms. The summed E-state index contributed by atoms with van der Waals surface area (Å²) in [4.78, 5) is 12.2. The van der Waals surface area contributed by atoms with Gasteiger partial charge in [0.1, 0.15) is 0 Å². The van der Waals surface area contributed by atoms with Crippen LogP contribution in [0.5, 0.6) is 0 Å². The van der Waals surface area contributed by atoms with Gasteiger partial charge < -0.3 is 1.43 Å². The maximum absolute atomic E-state index is 10.1. The van der Waals surface area contributed by atoms with Gasteiger partial charge >= 0.3 is 18.9 Å². The first-order valence-electron chi connectivity index (χ1n) is 2.90. The molecule has 1 nitrogen and oxygen atoms in total. The maximum atomic E-state index is 10.1. The molecule has 1 aromatic heterocycles. The van der Waals surface area contributed by atoms with Crippen LogP contribution in [0.3, 0.4) is 0 Å². The molecule has 4 heteroatoms. The van der Waals surface area contributed by atoms with Gasteiger partial charge in [-0.1, -0.05) is 6.92 Å². The number of hydrogen-bond acceptors (Lipinski definition) is 2. The van der Waals surface area contributed by atoms with Gasteiger partial charge in [-0.3, -0.25) is 4.79 Å². The Labute approximate surface area is 95.0 Å². The number of carbonyl (C=O) groups is 1. The van der Waals surface area contributed by atoms with E-state index in [-0.39, 0.29) is 37.6 Å². The van der Waals surface area contributed by atoms with E-state index in [9.17, 15) is 4.79 Å². The van der Waals surface area contributed by atoms with Gasteiger partial charge in [0, 0.05) is 4.88 Å². The van der Waals surface area contributed by atoms with Crippen molar-refractivity contribution in [2.45, 2.75) is 13.3 Å². The first-order chi connectivity index (χ1) is 4.36. The third-order valence-electron chi connectivity index (χ3n) is 1.15. The predicted molar refractivity (Wildman–Crippen MR) is 50.1 cm³/mol. The second-order valence-corrected chi connectivity index (χ2v) is 2.98.